The van der Waals surface area contributed by atoms with Gasteiger partial charge in [0.15, 0.2) is 11.7 Å². The van der Waals surface area contributed by atoms with Gasteiger partial charge >= 0.3 is 0 Å². The van der Waals surface area contributed by atoms with E-state index >= 15 is 0 Å². The average Bonchev–Trinajstić information content (AvgIpc) is 2.54. The van der Waals surface area contributed by atoms with Crippen molar-refractivity contribution in [3.8, 4) is 11.3 Å². The highest BCUT2D eigenvalue weighted by Crippen LogP contribution is 2.39. The molecule has 1 aromatic carbocycles. The smallest absolute Gasteiger partial charge is 0.188 e. The minimum atomic E-state index is 0.0196. The molecule has 0 bridgehead atoms. The second-order valence-corrected chi connectivity index (χ2v) is 6.48. The Morgan fingerprint density at radius 3 is 2.68 bits per heavy atom. The van der Waals surface area contributed by atoms with E-state index < -0.39 is 0 Å². The van der Waals surface area contributed by atoms with Gasteiger partial charge in [-0.1, -0.05) is 45.0 Å². The van der Waals surface area contributed by atoms with Gasteiger partial charge in [-0.15, -0.1) is 0 Å². The zero-order valence-electron chi connectivity index (χ0n) is 14.0. The van der Waals surface area contributed by atoms with E-state index in [1.165, 1.54) is 28.0 Å². The van der Waals surface area contributed by atoms with Crippen molar-refractivity contribution in [2.24, 2.45) is 0 Å². The van der Waals surface area contributed by atoms with Gasteiger partial charge in [0, 0.05) is 30.0 Å². The van der Waals surface area contributed by atoms with Crippen molar-refractivity contribution in [3.63, 3.8) is 0 Å². The lowest BCUT2D eigenvalue weighted by molar-refractivity contribution is -0.748. The molecule has 22 heavy (non-hydrogen) atoms. The number of benzene rings is 1. The average molecular weight is 292 g/mol. The molecule has 0 spiro atoms. The fourth-order valence-electron chi connectivity index (χ4n) is 4.00. The molecule has 1 unspecified atom stereocenters. The van der Waals surface area contributed by atoms with Gasteiger partial charge in [0.05, 0.1) is 0 Å². The maximum atomic E-state index is 4.49. The largest absolute Gasteiger partial charge is 0.216 e. The summed E-state index contributed by atoms with van der Waals surface area (Å²) in [6.07, 6.45) is 6.64. The van der Waals surface area contributed by atoms with Crippen LogP contribution in [0.5, 0.6) is 0 Å². The molecule has 1 aliphatic rings. The van der Waals surface area contributed by atoms with Crippen LogP contribution >= 0.6 is 0 Å². The summed E-state index contributed by atoms with van der Waals surface area (Å²) in [7, 11) is 0. The van der Waals surface area contributed by atoms with Gasteiger partial charge in [-0.25, -0.2) is 0 Å². The van der Waals surface area contributed by atoms with Gasteiger partial charge < -0.3 is 0 Å². The van der Waals surface area contributed by atoms with Gasteiger partial charge in [-0.3, -0.25) is 0 Å². The predicted octanol–water partition coefficient (Wildman–Crippen LogP) is 4.97. The van der Waals surface area contributed by atoms with Crippen LogP contribution in [0.1, 0.15) is 44.2 Å². The van der Waals surface area contributed by atoms with Crippen LogP contribution in [0.15, 0.2) is 54.7 Å². The molecule has 0 saturated heterocycles. The predicted molar refractivity (Wildman–Crippen MR) is 92.8 cm³/mol. The third-order valence-electron chi connectivity index (χ3n) is 5.21. The Hall–Kier alpha value is -1.89. The molecular formula is C21H26N+. The molecular weight excluding hydrogens is 266 g/mol. The molecule has 1 heteroatoms. The number of allylic oxidation sites excluding steroid dienone is 1. The van der Waals surface area contributed by atoms with Crippen LogP contribution in [-0.4, -0.2) is 0 Å². The zero-order valence-corrected chi connectivity index (χ0v) is 14.0. The minimum Gasteiger partial charge on any atom is -0.188 e. The fourth-order valence-corrected chi connectivity index (χ4v) is 4.00. The van der Waals surface area contributed by atoms with Crippen LogP contribution in [0.3, 0.4) is 0 Å². The van der Waals surface area contributed by atoms with E-state index in [-0.39, 0.29) is 5.54 Å². The fraction of sp³-hybridized carbons (Fsp3) is 0.381. The molecule has 2 aromatic rings. The summed E-state index contributed by atoms with van der Waals surface area (Å²) in [5.74, 6) is 0. The first-order valence-electron chi connectivity index (χ1n) is 8.42. The zero-order chi connectivity index (χ0) is 15.7. The Morgan fingerprint density at radius 1 is 1.18 bits per heavy atom. The summed E-state index contributed by atoms with van der Waals surface area (Å²) in [5.41, 5.74) is 6.93. The molecule has 1 aromatic heterocycles. The Bertz CT molecular complexity index is 714. The first-order chi connectivity index (χ1) is 10.6. The first-order valence-corrected chi connectivity index (χ1v) is 8.42. The van der Waals surface area contributed by atoms with E-state index in [9.17, 15) is 0 Å². The highest BCUT2D eigenvalue weighted by atomic mass is 15.1. The quantitative estimate of drug-likeness (QED) is 0.553. The van der Waals surface area contributed by atoms with E-state index in [4.69, 9.17) is 0 Å². The van der Waals surface area contributed by atoms with Crippen LogP contribution in [-0.2, 0) is 12.0 Å². The summed E-state index contributed by atoms with van der Waals surface area (Å²) < 4.78 is 2.50. The summed E-state index contributed by atoms with van der Waals surface area (Å²) in [6, 6.07) is 13.3. The van der Waals surface area contributed by atoms with Crippen molar-refractivity contribution in [2.75, 3.05) is 0 Å². The van der Waals surface area contributed by atoms with Crippen LogP contribution in [0.25, 0.3) is 11.3 Å². The SMILES string of the molecule is C=C(CCC)C1(CC)Cc2ccccc2-c2c(C)ccc[n+]21. The summed E-state index contributed by atoms with van der Waals surface area (Å²) in [5, 5.41) is 0. The lowest BCUT2D eigenvalue weighted by atomic mass is 9.75. The van der Waals surface area contributed by atoms with Crippen molar-refractivity contribution in [2.45, 2.75) is 52.0 Å². The van der Waals surface area contributed by atoms with Crippen molar-refractivity contribution in [3.05, 3.63) is 65.9 Å². The third-order valence-corrected chi connectivity index (χ3v) is 5.21. The Kier molecular flexibility index (Phi) is 3.90. The number of fused-ring (bicyclic) bond motifs is 3. The molecule has 0 saturated carbocycles. The Labute approximate surface area is 134 Å². The van der Waals surface area contributed by atoms with Crippen molar-refractivity contribution < 1.29 is 4.57 Å². The van der Waals surface area contributed by atoms with E-state index in [1.54, 1.807) is 0 Å². The van der Waals surface area contributed by atoms with Crippen LogP contribution in [0.2, 0.25) is 0 Å². The Morgan fingerprint density at radius 2 is 1.95 bits per heavy atom. The van der Waals surface area contributed by atoms with Crippen LogP contribution in [0.4, 0.5) is 0 Å². The van der Waals surface area contributed by atoms with Crippen LogP contribution < -0.4 is 4.57 Å². The maximum Gasteiger partial charge on any atom is 0.216 e. The number of rotatable bonds is 4. The van der Waals surface area contributed by atoms with Gasteiger partial charge in [-0.2, -0.15) is 4.57 Å². The number of hydrogen-bond donors (Lipinski definition) is 0. The molecule has 1 atom stereocenters. The van der Waals surface area contributed by atoms with Crippen LogP contribution in [0, 0.1) is 6.92 Å². The molecule has 0 fully saturated rings. The van der Waals surface area contributed by atoms with E-state index in [0.717, 1.165) is 25.7 Å². The standard InChI is InChI=1S/C21H26N/c1-5-10-17(4)21(6-2)15-18-12-7-8-13-19(18)20-16(3)11-9-14-22(20)21/h7-9,11-14H,4-6,10,15H2,1-3H3/q+1. The highest BCUT2D eigenvalue weighted by Gasteiger charge is 2.46. The molecule has 0 radical (unpaired) electrons. The van der Waals surface area contributed by atoms with Gasteiger partial charge in [0.1, 0.15) is 0 Å². The molecule has 3 rings (SSSR count). The van der Waals surface area contributed by atoms with Gasteiger partial charge in [0.25, 0.3) is 0 Å². The third kappa shape index (κ3) is 2.11. The van der Waals surface area contributed by atoms with Crippen molar-refractivity contribution in [1.29, 1.82) is 0 Å². The molecule has 1 nitrogen and oxygen atoms in total. The van der Waals surface area contributed by atoms with Crippen molar-refractivity contribution >= 4 is 0 Å². The monoisotopic (exact) mass is 292 g/mol. The minimum absolute atomic E-state index is 0.0196. The number of hydrogen-bond acceptors (Lipinski definition) is 0. The highest BCUT2D eigenvalue weighted by molar-refractivity contribution is 5.65. The van der Waals surface area contributed by atoms with E-state index in [1.807, 2.05) is 0 Å². The van der Waals surface area contributed by atoms with E-state index in [2.05, 4.69) is 74.5 Å². The summed E-state index contributed by atoms with van der Waals surface area (Å²) in [4.78, 5) is 0. The molecule has 0 aliphatic carbocycles. The molecule has 0 amide bonds. The van der Waals surface area contributed by atoms with Crippen molar-refractivity contribution in [1.82, 2.24) is 0 Å². The summed E-state index contributed by atoms with van der Waals surface area (Å²) in [6.45, 7) is 11.3. The topological polar surface area (TPSA) is 3.88 Å². The number of aromatic nitrogens is 1. The molecule has 114 valence electrons. The summed E-state index contributed by atoms with van der Waals surface area (Å²) >= 11 is 0. The second-order valence-electron chi connectivity index (χ2n) is 6.48. The lowest BCUT2D eigenvalue weighted by Crippen LogP contribution is -2.61. The first kappa shape index (κ1) is 15.0. The maximum absolute atomic E-state index is 4.49. The second kappa shape index (κ2) is 5.72. The van der Waals surface area contributed by atoms with Gasteiger partial charge in [0.2, 0.25) is 5.69 Å². The molecule has 1 aliphatic heterocycles. The Balaban J connectivity index is 2.29. The number of aryl methyl sites for hydroxylation is 1. The van der Waals surface area contributed by atoms with Gasteiger partial charge in [-0.05, 0) is 36.6 Å². The number of pyridine rings is 1. The normalized spacial score (nSPS) is 19.4. The number of nitrogens with zero attached hydrogens (tertiary/aromatic N) is 1. The van der Waals surface area contributed by atoms with E-state index in [0.29, 0.717) is 0 Å². The molecule has 0 N–H and O–H groups in total. The lowest BCUT2D eigenvalue weighted by Gasteiger charge is -2.35. The molecule has 2 heterocycles.